The molecule has 4 heteroatoms. The van der Waals surface area contributed by atoms with E-state index >= 15 is 0 Å². The Morgan fingerprint density at radius 2 is 1.90 bits per heavy atom. The van der Waals surface area contributed by atoms with Crippen molar-refractivity contribution >= 4 is 5.91 Å². The van der Waals surface area contributed by atoms with Crippen LogP contribution in [0.1, 0.15) is 41.0 Å². The summed E-state index contributed by atoms with van der Waals surface area (Å²) in [5, 5.41) is 7.15. The van der Waals surface area contributed by atoms with Gasteiger partial charge in [-0.05, 0) is 30.9 Å². The first kappa shape index (κ1) is 12.9. The second kappa shape index (κ2) is 5.90. The fraction of sp³-hybridized carbons (Fsp3) is 0.375. The number of carbonyl (C=O) groups excluding carboxylic acids is 1. The van der Waals surface area contributed by atoms with Gasteiger partial charge in [0.2, 0.25) is 0 Å². The van der Waals surface area contributed by atoms with Crippen molar-refractivity contribution in [2.45, 2.75) is 25.7 Å². The zero-order chi connectivity index (χ0) is 13.8. The summed E-state index contributed by atoms with van der Waals surface area (Å²) in [7, 11) is 0. The molecule has 2 aromatic rings. The number of carbonyl (C=O) groups is 1. The molecule has 1 aromatic heterocycles. The molecule has 1 aliphatic heterocycles. The molecule has 0 bridgehead atoms. The molecule has 1 amide bonds. The molecule has 1 aliphatic rings. The van der Waals surface area contributed by atoms with Gasteiger partial charge in [-0.1, -0.05) is 30.3 Å². The SMILES string of the molecule is O=C(c1cc(Cc2ccccc2)[nH]n1)N1CCCCC1. The Labute approximate surface area is 118 Å². The summed E-state index contributed by atoms with van der Waals surface area (Å²) in [4.78, 5) is 14.2. The Balaban J connectivity index is 1.68. The Hall–Kier alpha value is -2.10. The number of hydrogen-bond donors (Lipinski definition) is 1. The molecule has 1 aromatic carbocycles. The fourth-order valence-electron chi connectivity index (χ4n) is 2.64. The van der Waals surface area contributed by atoms with Gasteiger partial charge in [-0.3, -0.25) is 9.89 Å². The maximum absolute atomic E-state index is 12.3. The summed E-state index contributed by atoms with van der Waals surface area (Å²) in [6, 6.07) is 12.1. The molecular formula is C16H19N3O. The molecule has 0 radical (unpaired) electrons. The Morgan fingerprint density at radius 3 is 2.65 bits per heavy atom. The number of hydrogen-bond acceptors (Lipinski definition) is 2. The lowest BCUT2D eigenvalue weighted by Gasteiger charge is -2.25. The smallest absolute Gasteiger partial charge is 0.274 e. The van der Waals surface area contributed by atoms with E-state index in [-0.39, 0.29) is 5.91 Å². The highest BCUT2D eigenvalue weighted by Gasteiger charge is 2.20. The van der Waals surface area contributed by atoms with Crippen LogP contribution < -0.4 is 0 Å². The largest absolute Gasteiger partial charge is 0.337 e. The van der Waals surface area contributed by atoms with Crippen LogP contribution >= 0.6 is 0 Å². The van der Waals surface area contributed by atoms with Crippen LogP contribution in [0.2, 0.25) is 0 Å². The van der Waals surface area contributed by atoms with Gasteiger partial charge in [-0.25, -0.2) is 0 Å². The Kier molecular flexibility index (Phi) is 3.81. The quantitative estimate of drug-likeness (QED) is 0.931. The number of aromatic amines is 1. The van der Waals surface area contributed by atoms with Gasteiger partial charge >= 0.3 is 0 Å². The van der Waals surface area contributed by atoms with Crippen LogP contribution in [0.4, 0.5) is 0 Å². The van der Waals surface area contributed by atoms with E-state index in [4.69, 9.17) is 0 Å². The van der Waals surface area contributed by atoms with Crippen LogP contribution in [0.3, 0.4) is 0 Å². The molecule has 0 saturated carbocycles. The van der Waals surface area contributed by atoms with Crippen molar-refractivity contribution in [1.29, 1.82) is 0 Å². The summed E-state index contributed by atoms with van der Waals surface area (Å²) in [6.45, 7) is 1.72. The van der Waals surface area contributed by atoms with Crippen molar-refractivity contribution in [2.75, 3.05) is 13.1 Å². The van der Waals surface area contributed by atoms with Gasteiger partial charge in [0.15, 0.2) is 0 Å². The van der Waals surface area contributed by atoms with E-state index in [1.54, 1.807) is 0 Å². The van der Waals surface area contributed by atoms with E-state index in [0.717, 1.165) is 38.0 Å². The number of nitrogens with one attached hydrogen (secondary N) is 1. The molecule has 1 saturated heterocycles. The summed E-state index contributed by atoms with van der Waals surface area (Å²) < 4.78 is 0. The molecule has 0 unspecified atom stereocenters. The number of likely N-dealkylation sites (tertiary alicyclic amines) is 1. The Bertz CT molecular complexity index is 570. The number of H-pyrrole nitrogens is 1. The van der Waals surface area contributed by atoms with Crippen LogP contribution in [0.15, 0.2) is 36.4 Å². The second-order valence-electron chi connectivity index (χ2n) is 5.29. The van der Waals surface area contributed by atoms with Crippen LogP contribution in [-0.4, -0.2) is 34.1 Å². The van der Waals surface area contributed by atoms with Gasteiger partial charge < -0.3 is 4.90 Å². The van der Waals surface area contributed by atoms with Crippen molar-refractivity contribution in [3.8, 4) is 0 Å². The van der Waals surface area contributed by atoms with E-state index in [1.165, 1.54) is 12.0 Å². The monoisotopic (exact) mass is 269 g/mol. The molecule has 20 heavy (non-hydrogen) atoms. The third-order valence-corrected chi connectivity index (χ3v) is 3.73. The van der Waals surface area contributed by atoms with Gasteiger partial charge in [0, 0.05) is 25.2 Å². The zero-order valence-corrected chi connectivity index (χ0v) is 11.5. The van der Waals surface area contributed by atoms with Crippen LogP contribution in [0.25, 0.3) is 0 Å². The number of rotatable bonds is 3. The minimum atomic E-state index is 0.0558. The molecule has 1 N–H and O–H groups in total. The first-order valence-corrected chi connectivity index (χ1v) is 7.20. The molecule has 2 heterocycles. The summed E-state index contributed by atoms with van der Waals surface area (Å²) in [5.74, 6) is 0.0558. The normalized spacial score (nSPS) is 15.3. The van der Waals surface area contributed by atoms with Gasteiger partial charge in [0.25, 0.3) is 5.91 Å². The van der Waals surface area contributed by atoms with Crippen LogP contribution in [-0.2, 0) is 6.42 Å². The van der Waals surface area contributed by atoms with E-state index < -0.39 is 0 Å². The third kappa shape index (κ3) is 2.90. The van der Waals surface area contributed by atoms with Crippen molar-refractivity contribution in [1.82, 2.24) is 15.1 Å². The highest BCUT2D eigenvalue weighted by Crippen LogP contribution is 2.14. The lowest BCUT2D eigenvalue weighted by Crippen LogP contribution is -2.35. The number of benzene rings is 1. The number of piperidine rings is 1. The molecule has 104 valence electrons. The second-order valence-corrected chi connectivity index (χ2v) is 5.29. The minimum Gasteiger partial charge on any atom is -0.337 e. The van der Waals surface area contributed by atoms with Gasteiger partial charge in [-0.2, -0.15) is 5.10 Å². The van der Waals surface area contributed by atoms with E-state index in [9.17, 15) is 4.79 Å². The maximum atomic E-state index is 12.3. The average molecular weight is 269 g/mol. The van der Waals surface area contributed by atoms with Crippen molar-refractivity contribution in [3.63, 3.8) is 0 Å². The molecule has 1 fully saturated rings. The zero-order valence-electron chi connectivity index (χ0n) is 11.5. The van der Waals surface area contributed by atoms with E-state index in [2.05, 4.69) is 22.3 Å². The number of aromatic nitrogens is 2. The van der Waals surface area contributed by atoms with Crippen molar-refractivity contribution in [3.05, 3.63) is 53.3 Å². The van der Waals surface area contributed by atoms with Crippen LogP contribution in [0.5, 0.6) is 0 Å². The summed E-state index contributed by atoms with van der Waals surface area (Å²) in [5.41, 5.74) is 2.74. The highest BCUT2D eigenvalue weighted by atomic mass is 16.2. The van der Waals surface area contributed by atoms with Crippen LogP contribution in [0, 0.1) is 0 Å². The number of amides is 1. The van der Waals surface area contributed by atoms with Gasteiger partial charge in [0.1, 0.15) is 5.69 Å². The summed E-state index contributed by atoms with van der Waals surface area (Å²) >= 11 is 0. The predicted molar refractivity (Wildman–Crippen MR) is 77.6 cm³/mol. The average Bonchev–Trinajstić information content (AvgIpc) is 2.97. The first-order valence-electron chi connectivity index (χ1n) is 7.20. The lowest BCUT2D eigenvalue weighted by molar-refractivity contribution is 0.0718. The molecule has 3 rings (SSSR count). The molecule has 0 atom stereocenters. The molecule has 0 spiro atoms. The minimum absolute atomic E-state index is 0.0558. The van der Waals surface area contributed by atoms with E-state index in [1.807, 2.05) is 29.2 Å². The lowest BCUT2D eigenvalue weighted by atomic mass is 10.1. The topological polar surface area (TPSA) is 49.0 Å². The maximum Gasteiger partial charge on any atom is 0.274 e. The summed E-state index contributed by atoms with van der Waals surface area (Å²) in [6.07, 6.45) is 4.21. The Morgan fingerprint density at radius 1 is 1.15 bits per heavy atom. The predicted octanol–water partition coefficient (Wildman–Crippen LogP) is 2.63. The molecule has 0 aliphatic carbocycles. The van der Waals surface area contributed by atoms with Crippen molar-refractivity contribution < 1.29 is 4.79 Å². The van der Waals surface area contributed by atoms with Gasteiger partial charge in [-0.15, -0.1) is 0 Å². The third-order valence-electron chi connectivity index (χ3n) is 3.73. The molecule has 4 nitrogen and oxygen atoms in total. The molecular weight excluding hydrogens is 250 g/mol. The fourth-order valence-corrected chi connectivity index (χ4v) is 2.64. The van der Waals surface area contributed by atoms with Crippen molar-refractivity contribution in [2.24, 2.45) is 0 Å². The standard InChI is InChI=1S/C16H19N3O/c20-16(19-9-5-2-6-10-19)15-12-14(17-18-15)11-13-7-3-1-4-8-13/h1,3-4,7-8,12H,2,5-6,9-11H2,(H,17,18). The van der Waals surface area contributed by atoms with E-state index in [0.29, 0.717) is 5.69 Å². The van der Waals surface area contributed by atoms with Gasteiger partial charge in [0.05, 0.1) is 0 Å². The highest BCUT2D eigenvalue weighted by molar-refractivity contribution is 5.92. The number of nitrogens with zero attached hydrogens (tertiary/aromatic N) is 2. The first-order chi connectivity index (χ1) is 9.83.